The van der Waals surface area contributed by atoms with Crippen LogP contribution in [0.2, 0.25) is 0 Å². The molecule has 1 unspecified atom stereocenters. The first-order valence-corrected chi connectivity index (χ1v) is 7.67. The molecule has 1 aliphatic rings. The van der Waals surface area contributed by atoms with Crippen molar-refractivity contribution >= 4 is 0 Å². The number of methoxy groups -OCH3 is 2. The Labute approximate surface area is 131 Å². The summed E-state index contributed by atoms with van der Waals surface area (Å²) in [6.45, 7) is 1.96. The molecule has 1 aromatic carbocycles. The number of likely N-dealkylation sites (tertiary alicyclic amines) is 1. The van der Waals surface area contributed by atoms with Crippen molar-refractivity contribution in [2.24, 2.45) is 0 Å². The third-order valence-electron chi connectivity index (χ3n) is 4.26. The first-order valence-electron chi connectivity index (χ1n) is 7.67. The van der Waals surface area contributed by atoms with Gasteiger partial charge in [-0.05, 0) is 43.1 Å². The van der Waals surface area contributed by atoms with Crippen molar-refractivity contribution < 1.29 is 9.47 Å². The molecule has 22 heavy (non-hydrogen) atoms. The van der Waals surface area contributed by atoms with E-state index >= 15 is 0 Å². The molecule has 0 N–H and O–H groups in total. The molecule has 0 radical (unpaired) electrons. The minimum Gasteiger partial charge on any atom is -0.497 e. The van der Waals surface area contributed by atoms with E-state index in [4.69, 9.17) is 9.47 Å². The van der Waals surface area contributed by atoms with Crippen LogP contribution in [0.15, 0.2) is 42.6 Å². The first kappa shape index (κ1) is 14.9. The number of nitrogens with zero attached hydrogens (tertiary/aromatic N) is 2. The fourth-order valence-electron chi connectivity index (χ4n) is 3.19. The monoisotopic (exact) mass is 298 g/mol. The molecule has 1 saturated heterocycles. The van der Waals surface area contributed by atoms with Crippen LogP contribution in [0.25, 0.3) is 0 Å². The van der Waals surface area contributed by atoms with Gasteiger partial charge in [-0.2, -0.15) is 0 Å². The van der Waals surface area contributed by atoms with Gasteiger partial charge in [-0.15, -0.1) is 0 Å². The number of rotatable bonds is 5. The molecule has 0 saturated carbocycles. The van der Waals surface area contributed by atoms with Gasteiger partial charge in [0.2, 0.25) is 5.88 Å². The van der Waals surface area contributed by atoms with Crippen LogP contribution < -0.4 is 9.47 Å². The summed E-state index contributed by atoms with van der Waals surface area (Å²) >= 11 is 0. The smallest absolute Gasteiger partial charge is 0.217 e. The summed E-state index contributed by atoms with van der Waals surface area (Å²) in [6.07, 6.45) is 4.16. The average molecular weight is 298 g/mol. The fourth-order valence-corrected chi connectivity index (χ4v) is 3.19. The second kappa shape index (κ2) is 6.79. The summed E-state index contributed by atoms with van der Waals surface area (Å²) in [4.78, 5) is 6.79. The van der Waals surface area contributed by atoms with Crippen molar-refractivity contribution in [2.75, 3.05) is 20.8 Å². The zero-order chi connectivity index (χ0) is 15.4. The second-order valence-electron chi connectivity index (χ2n) is 5.58. The highest BCUT2D eigenvalue weighted by Gasteiger charge is 2.27. The molecular formula is C18H22N2O2. The van der Waals surface area contributed by atoms with E-state index in [0.717, 1.165) is 30.3 Å². The lowest BCUT2D eigenvalue weighted by Crippen LogP contribution is -2.23. The number of aromatic nitrogens is 1. The van der Waals surface area contributed by atoms with Crippen LogP contribution in [0, 0.1) is 0 Å². The van der Waals surface area contributed by atoms with E-state index in [-0.39, 0.29) is 0 Å². The van der Waals surface area contributed by atoms with Crippen LogP contribution >= 0.6 is 0 Å². The Bertz CT molecular complexity index is 630. The Hall–Kier alpha value is -2.07. The predicted octanol–water partition coefficient (Wildman–Crippen LogP) is 3.44. The lowest BCUT2D eigenvalue weighted by atomic mass is 10.0. The average Bonchev–Trinajstić information content (AvgIpc) is 3.03. The van der Waals surface area contributed by atoms with Gasteiger partial charge in [-0.25, -0.2) is 4.98 Å². The van der Waals surface area contributed by atoms with Crippen molar-refractivity contribution in [3.63, 3.8) is 0 Å². The van der Waals surface area contributed by atoms with Crippen LogP contribution in [0.4, 0.5) is 0 Å². The van der Waals surface area contributed by atoms with Gasteiger partial charge < -0.3 is 9.47 Å². The van der Waals surface area contributed by atoms with Gasteiger partial charge in [-0.1, -0.05) is 18.2 Å². The van der Waals surface area contributed by atoms with Crippen molar-refractivity contribution in [1.82, 2.24) is 9.88 Å². The highest BCUT2D eigenvalue weighted by Crippen LogP contribution is 2.35. The number of pyridine rings is 1. The van der Waals surface area contributed by atoms with E-state index < -0.39 is 0 Å². The molecule has 0 aliphatic carbocycles. The van der Waals surface area contributed by atoms with Crippen LogP contribution in [0.5, 0.6) is 11.6 Å². The molecule has 1 aromatic heterocycles. The first-order chi connectivity index (χ1) is 10.8. The van der Waals surface area contributed by atoms with Crippen molar-refractivity contribution in [3.8, 4) is 11.6 Å². The summed E-state index contributed by atoms with van der Waals surface area (Å²) in [6, 6.07) is 12.9. The quantitative estimate of drug-likeness (QED) is 0.847. The highest BCUT2D eigenvalue weighted by molar-refractivity contribution is 5.32. The van der Waals surface area contributed by atoms with Crippen LogP contribution in [-0.4, -0.2) is 30.6 Å². The van der Waals surface area contributed by atoms with E-state index in [0.29, 0.717) is 6.04 Å². The normalized spacial score (nSPS) is 18.4. The van der Waals surface area contributed by atoms with Gasteiger partial charge in [0.15, 0.2) is 0 Å². The lowest BCUT2D eigenvalue weighted by molar-refractivity contribution is 0.243. The number of ether oxygens (including phenoxy) is 2. The summed E-state index contributed by atoms with van der Waals surface area (Å²) in [5.41, 5.74) is 2.46. The Morgan fingerprint density at radius 2 is 2.09 bits per heavy atom. The third kappa shape index (κ3) is 3.07. The van der Waals surface area contributed by atoms with E-state index in [1.165, 1.54) is 18.4 Å². The molecule has 2 aromatic rings. The van der Waals surface area contributed by atoms with Crippen molar-refractivity contribution in [2.45, 2.75) is 25.4 Å². The zero-order valence-electron chi connectivity index (χ0n) is 13.2. The maximum Gasteiger partial charge on any atom is 0.217 e. The molecule has 2 heterocycles. The molecule has 116 valence electrons. The minimum atomic E-state index is 0.431. The Balaban J connectivity index is 1.81. The fraction of sp³-hybridized carbons (Fsp3) is 0.389. The summed E-state index contributed by atoms with van der Waals surface area (Å²) in [7, 11) is 3.39. The SMILES string of the molecule is COc1cccc(C2CCCN2Cc2cccnc2OC)c1. The molecule has 0 spiro atoms. The van der Waals surface area contributed by atoms with Crippen LogP contribution in [0.3, 0.4) is 0 Å². The molecule has 0 amide bonds. The predicted molar refractivity (Wildman–Crippen MR) is 86.2 cm³/mol. The second-order valence-corrected chi connectivity index (χ2v) is 5.58. The summed E-state index contributed by atoms with van der Waals surface area (Å²) < 4.78 is 10.7. The van der Waals surface area contributed by atoms with Gasteiger partial charge in [0, 0.05) is 24.3 Å². The Kier molecular flexibility index (Phi) is 4.59. The molecule has 3 rings (SSSR count). The van der Waals surface area contributed by atoms with E-state index in [1.54, 1.807) is 20.4 Å². The van der Waals surface area contributed by atoms with Gasteiger partial charge in [0.05, 0.1) is 14.2 Å². The van der Waals surface area contributed by atoms with Gasteiger partial charge in [0.1, 0.15) is 5.75 Å². The molecule has 0 bridgehead atoms. The minimum absolute atomic E-state index is 0.431. The van der Waals surface area contributed by atoms with Crippen LogP contribution in [-0.2, 0) is 6.54 Å². The van der Waals surface area contributed by atoms with Crippen molar-refractivity contribution in [1.29, 1.82) is 0 Å². The van der Waals surface area contributed by atoms with E-state index in [2.05, 4.69) is 34.1 Å². The Morgan fingerprint density at radius 1 is 1.18 bits per heavy atom. The topological polar surface area (TPSA) is 34.6 Å². The maximum atomic E-state index is 5.38. The largest absolute Gasteiger partial charge is 0.497 e. The van der Waals surface area contributed by atoms with Crippen molar-refractivity contribution in [3.05, 3.63) is 53.7 Å². The lowest BCUT2D eigenvalue weighted by Gasteiger charge is -2.25. The molecule has 4 heteroatoms. The van der Waals surface area contributed by atoms with E-state index in [1.807, 2.05) is 12.1 Å². The number of benzene rings is 1. The molecule has 1 fully saturated rings. The zero-order valence-corrected chi connectivity index (χ0v) is 13.2. The van der Waals surface area contributed by atoms with E-state index in [9.17, 15) is 0 Å². The molecule has 4 nitrogen and oxygen atoms in total. The summed E-state index contributed by atoms with van der Waals surface area (Å²) in [5, 5.41) is 0. The molecular weight excluding hydrogens is 276 g/mol. The molecule has 1 atom stereocenters. The van der Waals surface area contributed by atoms with Crippen LogP contribution in [0.1, 0.15) is 30.0 Å². The Morgan fingerprint density at radius 3 is 2.91 bits per heavy atom. The molecule has 1 aliphatic heterocycles. The maximum absolute atomic E-state index is 5.38. The number of hydrogen-bond acceptors (Lipinski definition) is 4. The van der Waals surface area contributed by atoms with Gasteiger partial charge >= 0.3 is 0 Å². The highest BCUT2D eigenvalue weighted by atomic mass is 16.5. The number of hydrogen-bond donors (Lipinski definition) is 0. The summed E-state index contributed by atoms with van der Waals surface area (Å²) in [5.74, 6) is 1.64. The van der Waals surface area contributed by atoms with Gasteiger partial charge in [0.25, 0.3) is 0 Å². The standard InChI is InChI=1S/C18H22N2O2/c1-21-16-8-3-6-14(12-16)17-9-5-11-20(17)13-15-7-4-10-19-18(15)22-2/h3-4,6-8,10,12,17H,5,9,11,13H2,1-2H3. The van der Waals surface area contributed by atoms with Gasteiger partial charge in [-0.3, -0.25) is 4.90 Å². The third-order valence-corrected chi connectivity index (χ3v) is 4.26.